The second kappa shape index (κ2) is 5.45. The van der Waals surface area contributed by atoms with Crippen LogP contribution in [0.15, 0.2) is 18.2 Å². The highest BCUT2D eigenvalue weighted by atomic mass is 35.5. The molecule has 0 unspecified atom stereocenters. The zero-order valence-electron chi connectivity index (χ0n) is 11.1. The minimum absolute atomic E-state index is 0.0182. The molecule has 1 amide bonds. The van der Waals surface area contributed by atoms with Crippen molar-refractivity contribution in [2.45, 2.75) is 37.6 Å². The Kier molecular flexibility index (Phi) is 3.83. The number of fused-ring (bicyclic) bond motifs is 2. The van der Waals surface area contributed by atoms with Gasteiger partial charge >= 0.3 is 0 Å². The average Bonchev–Trinajstić information content (AvgIpc) is 2.40. The molecule has 1 N–H and O–H groups in total. The monoisotopic (exact) mass is 313 g/mol. The number of hydrogen-bond donors (Lipinski definition) is 1. The van der Waals surface area contributed by atoms with Gasteiger partial charge in [0, 0.05) is 11.6 Å². The Morgan fingerprint density at radius 1 is 1.35 bits per heavy atom. The number of benzene rings is 1. The van der Waals surface area contributed by atoms with Crippen molar-refractivity contribution in [2.24, 2.45) is 5.92 Å². The second-order valence-corrected chi connectivity index (χ2v) is 6.67. The Labute approximate surface area is 128 Å². The fraction of sp³-hybridized carbons (Fsp3) is 0.533. The van der Waals surface area contributed by atoms with Crippen LogP contribution in [0.3, 0.4) is 0 Å². The molecule has 0 radical (unpaired) electrons. The largest absolute Gasteiger partial charge is 0.484 e. The lowest BCUT2D eigenvalue weighted by Crippen LogP contribution is -2.60. The smallest absolute Gasteiger partial charge is 0.258 e. The minimum Gasteiger partial charge on any atom is -0.484 e. The van der Waals surface area contributed by atoms with Crippen molar-refractivity contribution in [3.8, 4) is 5.75 Å². The number of ether oxygens (including phenoxy) is 1. The van der Waals surface area contributed by atoms with Gasteiger partial charge in [0.05, 0.1) is 10.0 Å². The van der Waals surface area contributed by atoms with Gasteiger partial charge in [0.15, 0.2) is 6.61 Å². The van der Waals surface area contributed by atoms with Gasteiger partial charge in [-0.25, -0.2) is 0 Å². The van der Waals surface area contributed by atoms with Crippen LogP contribution in [0.25, 0.3) is 0 Å². The molecule has 0 spiro atoms. The first kappa shape index (κ1) is 14.0. The normalized spacial score (nSPS) is 27.6. The summed E-state index contributed by atoms with van der Waals surface area (Å²) in [5.41, 5.74) is 0.0565. The third-order valence-electron chi connectivity index (χ3n) is 4.29. The van der Waals surface area contributed by atoms with Crippen LogP contribution in [0, 0.1) is 5.92 Å². The standard InChI is InChI=1S/C15H17Cl2NO2/c16-12-4-3-11(6-13(12)17)20-9-14(19)18-15-5-1-2-10(7-15)8-15/h3-4,6,10H,1-2,5,7-9H2,(H,18,19). The molecule has 0 aliphatic heterocycles. The lowest BCUT2D eigenvalue weighted by molar-refractivity contribution is -0.128. The van der Waals surface area contributed by atoms with Crippen LogP contribution in [0.4, 0.5) is 0 Å². The van der Waals surface area contributed by atoms with Gasteiger partial charge in [-0.3, -0.25) is 4.79 Å². The first-order valence-electron chi connectivity index (χ1n) is 6.95. The predicted octanol–water partition coefficient (Wildman–Crippen LogP) is 3.82. The summed E-state index contributed by atoms with van der Waals surface area (Å²) in [6, 6.07) is 4.99. The lowest BCUT2D eigenvalue weighted by Gasteiger charge is -2.52. The first-order valence-corrected chi connectivity index (χ1v) is 7.71. The molecule has 3 saturated carbocycles. The van der Waals surface area contributed by atoms with E-state index in [2.05, 4.69) is 5.32 Å². The van der Waals surface area contributed by atoms with E-state index >= 15 is 0 Å². The van der Waals surface area contributed by atoms with E-state index in [4.69, 9.17) is 27.9 Å². The maximum absolute atomic E-state index is 12.0. The Hall–Kier alpha value is -0.930. The maximum Gasteiger partial charge on any atom is 0.258 e. The lowest BCUT2D eigenvalue weighted by atomic mass is 9.59. The molecule has 20 heavy (non-hydrogen) atoms. The highest BCUT2D eigenvalue weighted by Crippen LogP contribution is 2.48. The quantitative estimate of drug-likeness (QED) is 0.917. The summed E-state index contributed by atoms with van der Waals surface area (Å²) < 4.78 is 5.45. The number of amides is 1. The van der Waals surface area contributed by atoms with Crippen molar-refractivity contribution in [2.75, 3.05) is 6.61 Å². The van der Waals surface area contributed by atoms with Gasteiger partial charge in [-0.05, 0) is 37.3 Å². The molecular formula is C15H17Cl2NO2. The Morgan fingerprint density at radius 2 is 2.15 bits per heavy atom. The van der Waals surface area contributed by atoms with Crippen LogP contribution in [-0.2, 0) is 4.79 Å². The van der Waals surface area contributed by atoms with Crippen molar-refractivity contribution in [3.63, 3.8) is 0 Å². The van der Waals surface area contributed by atoms with E-state index in [1.807, 2.05) is 0 Å². The van der Waals surface area contributed by atoms with E-state index in [-0.39, 0.29) is 18.1 Å². The van der Waals surface area contributed by atoms with Gasteiger partial charge in [-0.1, -0.05) is 36.0 Å². The molecule has 1 aromatic rings. The number of carbonyl (C=O) groups is 1. The van der Waals surface area contributed by atoms with Crippen molar-refractivity contribution in [1.29, 1.82) is 0 Å². The molecule has 3 nitrogen and oxygen atoms in total. The summed E-state index contributed by atoms with van der Waals surface area (Å²) in [5, 5.41) is 4.04. The van der Waals surface area contributed by atoms with Gasteiger partial charge in [0.1, 0.15) is 5.75 Å². The van der Waals surface area contributed by atoms with Crippen molar-refractivity contribution in [1.82, 2.24) is 5.32 Å². The molecule has 108 valence electrons. The highest BCUT2D eigenvalue weighted by Gasteiger charge is 2.47. The summed E-state index contributed by atoms with van der Waals surface area (Å²) >= 11 is 11.7. The van der Waals surface area contributed by atoms with E-state index in [1.54, 1.807) is 18.2 Å². The van der Waals surface area contributed by atoms with E-state index in [0.717, 1.165) is 25.2 Å². The fourth-order valence-electron chi connectivity index (χ4n) is 3.39. The summed E-state index contributed by atoms with van der Waals surface area (Å²) in [5.74, 6) is 1.32. The van der Waals surface area contributed by atoms with Crippen LogP contribution in [-0.4, -0.2) is 18.1 Å². The van der Waals surface area contributed by atoms with Crippen molar-refractivity contribution in [3.05, 3.63) is 28.2 Å². The zero-order chi connectivity index (χ0) is 14.2. The number of nitrogens with one attached hydrogen (secondary N) is 1. The SMILES string of the molecule is O=C(COc1ccc(Cl)c(Cl)c1)NC12CCCC(C1)C2. The van der Waals surface area contributed by atoms with Gasteiger partial charge in [-0.2, -0.15) is 0 Å². The van der Waals surface area contributed by atoms with Crippen LogP contribution in [0.1, 0.15) is 32.1 Å². The summed E-state index contributed by atoms with van der Waals surface area (Å²) in [7, 11) is 0. The molecule has 0 heterocycles. The molecule has 1 aromatic carbocycles. The number of carbonyl (C=O) groups excluding carboxylic acids is 1. The third-order valence-corrected chi connectivity index (χ3v) is 5.03. The third kappa shape index (κ3) is 2.89. The Bertz CT molecular complexity index is 521. The van der Waals surface area contributed by atoms with Gasteiger partial charge in [-0.15, -0.1) is 0 Å². The maximum atomic E-state index is 12.0. The van der Waals surface area contributed by atoms with E-state index in [0.29, 0.717) is 15.8 Å². The van der Waals surface area contributed by atoms with E-state index in [1.165, 1.54) is 12.8 Å². The van der Waals surface area contributed by atoms with E-state index < -0.39 is 0 Å². The molecule has 5 heteroatoms. The summed E-state index contributed by atoms with van der Waals surface area (Å²) in [6.07, 6.45) is 5.90. The van der Waals surface area contributed by atoms with Crippen molar-refractivity contribution >= 4 is 29.1 Å². The molecule has 0 saturated heterocycles. The fourth-order valence-corrected chi connectivity index (χ4v) is 3.68. The Morgan fingerprint density at radius 3 is 2.80 bits per heavy atom. The van der Waals surface area contributed by atoms with Crippen LogP contribution in [0.5, 0.6) is 5.75 Å². The van der Waals surface area contributed by atoms with Gasteiger partial charge < -0.3 is 10.1 Å². The Balaban J connectivity index is 1.50. The second-order valence-electron chi connectivity index (χ2n) is 5.86. The van der Waals surface area contributed by atoms with Crippen molar-refractivity contribution < 1.29 is 9.53 Å². The molecule has 3 aliphatic rings. The molecule has 0 aromatic heterocycles. The minimum atomic E-state index is -0.0589. The highest BCUT2D eigenvalue weighted by molar-refractivity contribution is 6.42. The zero-order valence-corrected chi connectivity index (χ0v) is 12.6. The molecular weight excluding hydrogens is 297 g/mol. The number of hydrogen-bond acceptors (Lipinski definition) is 2. The first-order chi connectivity index (χ1) is 9.56. The van der Waals surface area contributed by atoms with Crippen LogP contribution in [0.2, 0.25) is 10.0 Å². The molecule has 4 rings (SSSR count). The molecule has 2 bridgehead atoms. The van der Waals surface area contributed by atoms with Gasteiger partial charge in [0.2, 0.25) is 0 Å². The summed E-state index contributed by atoms with van der Waals surface area (Å²) in [4.78, 5) is 12.0. The average molecular weight is 314 g/mol. The molecule has 3 aliphatic carbocycles. The topological polar surface area (TPSA) is 38.3 Å². The predicted molar refractivity (Wildman–Crippen MR) is 79.4 cm³/mol. The molecule has 3 fully saturated rings. The van der Waals surface area contributed by atoms with Crippen LogP contribution < -0.4 is 10.1 Å². The van der Waals surface area contributed by atoms with Gasteiger partial charge in [0.25, 0.3) is 5.91 Å². The molecule has 0 atom stereocenters. The number of halogens is 2. The number of rotatable bonds is 4. The van der Waals surface area contributed by atoms with E-state index in [9.17, 15) is 4.79 Å². The summed E-state index contributed by atoms with van der Waals surface area (Å²) in [6.45, 7) is 0.0182. The van der Waals surface area contributed by atoms with Crippen LogP contribution >= 0.6 is 23.2 Å².